The zero-order chi connectivity index (χ0) is 12.0. The van der Waals surface area contributed by atoms with Crippen molar-refractivity contribution in [3.63, 3.8) is 0 Å². The van der Waals surface area contributed by atoms with Crippen LogP contribution in [0, 0.1) is 6.92 Å². The van der Waals surface area contributed by atoms with E-state index in [-0.39, 0.29) is 0 Å². The number of pyridine rings is 1. The van der Waals surface area contributed by atoms with E-state index in [1.54, 1.807) is 31.3 Å². The topological polar surface area (TPSA) is 53.4 Å². The third-order valence-corrected chi connectivity index (χ3v) is 2.22. The molecule has 0 aliphatic rings. The zero-order valence-electron chi connectivity index (χ0n) is 9.54. The quantitative estimate of drug-likeness (QED) is 0.758. The van der Waals surface area contributed by atoms with Gasteiger partial charge < -0.3 is 10.2 Å². The average Bonchev–Trinajstić information content (AvgIpc) is 2.26. The minimum Gasteiger partial charge on any atom is -0.390 e. The number of aliphatic hydroxyl groups is 2. The summed E-state index contributed by atoms with van der Waals surface area (Å²) in [5.41, 5.74) is 2.00. The van der Waals surface area contributed by atoms with Crippen LogP contribution in [0.3, 0.4) is 0 Å². The highest BCUT2D eigenvalue weighted by Crippen LogP contribution is 2.05. The highest BCUT2D eigenvalue weighted by molar-refractivity contribution is 5.50. The van der Waals surface area contributed by atoms with E-state index in [0.29, 0.717) is 0 Å². The molecule has 0 aromatic carbocycles. The van der Waals surface area contributed by atoms with Crippen LogP contribution in [0.2, 0.25) is 0 Å². The maximum atomic E-state index is 9.29. The Bertz CT molecular complexity index is 383. The third kappa shape index (κ3) is 3.96. The summed E-state index contributed by atoms with van der Waals surface area (Å²) in [5.74, 6) is 0. The summed E-state index contributed by atoms with van der Waals surface area (Å²) in [7, 11) is 0. The molecular weight excluding hydrogens is 202 g/mol. The molecule has 0 radical (unpaired) electrons. The molecule has 16 heavy (non-hydrogen) atoms. The average molecular weight is 219 g/mol. The first kappa shape index (κ1) is 12.6. The Kier molecular flexibility index (Phi) is 4.89. The molecular formula is C13H17NO2. The first-order valence-electron chi connectivity index (χ1n) is 5.24. The standard InChI is InChI=1S/C13H17NO2/c1-10-6-5-9-14-12(10)7-3-4-8-13(16)11(2)15/h3-9,11,13,15-16H,1-2H3/t11-,13+/m1/s1. The van der Waals surface area contributed by atoms with Crippen LogP contribution < -0.4 is 0 Å². The highest BCUT2D eigenvalue weighted by Gasteiger charge is 2.04. The molecule has 0 unspecified atom stereocenters. The molecule has 0 aliphatic heterocycles. The molecule has 0 fully saturated rings. The van der Waals surface area contributed by atoms with Crippen LogP contribution in [-0.4, -0.2) is 27.4 Å². The van der Waals surface area contributed by atoms with Gasteiger partial charge >= 0.3 is 0 Å². The molecule has 1 heterocycles. The molecule has 0 aliphatic carbocycles. The van der Waals surface area contributed by atoms with Crippen molar-refractivity contribution < 1.29 is 10.2 Å². The van der Waals surface area contributed by atoms with Gasteiger partial charge in [0.2, 0.25) is 0 Å². The summed E-state index contributed by atoms with van der Waals surface area (Å²) >= 11 is 0. The van der Waals surface area contributed by atoms with Gasteiger partial charge in [0.1, 0.15) is 0 Å². The van der Waals surface area contributed by atoms with Gasteiger partial charge in [-0.25, -0.2) is 0 Å². The lowest BCUT2D eigenvalue weighted by Gasteiger charge is -2.06. The molecule has 0 saturated heterocycles. The van der Waals surface area contributed by atoms with Crippen LogP contribution in [-0.2, 0) is 0 Å². The molecule has 2 N–H and O–H groups in total. The molecule has 1 rings (SSSR count). The van der Waals surface area contributed by atoms with Crippen molar-refractivity contribution in [1.29, 1.82) is 0 Å². The number of rotatable bonds is 4. The lowest BCUT2D eigenvalue weighted by molar-refractivity contribution is 0.0619. The van der Waals surface area contributed by atoms with E-state index in [9.17, 15) is 5.11 Å². The van der Waals surface area contributed by atoms with Gasteiger partial charge in [-0.3, -0.25) is 4.98 Å². The molecule has 2 atom stereocenters. The molecule has 1 aromatic rings. The highest BCUT2D eigenvalue weighted by atomic mass is 16.3. The summed E-state index contributed by atoms with van der Waals surface area (Å²) in [6, 6.07) is 3.88. The van der Waals surface area contributed by atoms with Gasteiger partial charge in [0.05, 0.1) is 17.9 Å². The summed E-state index contributed by atoms with van der Waals surface area (Å²) in [6.45, 7) is 3.53. The van der Waals surface area contributed by atoms with Crippen molar-refractivity contribution in [2.45, 2.75) is 26.1 Å². The van der Waals surface area contributed by atoms with Gasteiger partial charge in [0.15, 0.2) is 0 Å². The summed E-state index contributed by atoms with van der Waals surface area (Å²) in [5, 5.41) is 18.3. The molecule has 0 spiro atoms. The second kappa shape index (κ2) is 6.20. The van der Waals surface area contributed by atoms with Crippen LogP contribution in [0.4, 0.5) is 0 Å². The van der Waals surface area contributed by atoms with Crippen molar-refractivity contribution >= 4 is 6.08 Å². The van der Waals surface area contributed by atoms with Crippen molar-refractivity contribution in [3.8, 4) is 0 Å². The Hall–Kier alpha value is -1.45. The van der Waals surface area contributed by atoms with Gasteiger partial charge in [-0.2, -0.15) is 0 Å². The van der Waals surface area contributed by atoms with Crippen molar-refractivity contribution in [1.82, 2.24) is 4.98 Å². The molecule has 3 nitrogen and oxygen atoms in total. The minimum absolute atomic E-state index is 0.749. The smallest absolute Gasteiger partial charge is 0.0980 e. The van der Waals surface area contributed by atoms with Crippen LogP contribution in [0.15, 0.2) is 36.6 Å². The van der Waals surface area contributed by atoms with Crippen LogP contribution in [0.1, 0.15) is 18.2 Å². The predicted octanol–water partition coefficient (Wildman–Crippen LogP) is 1.70. The second-order valence-electron chi connectivity index (χ2n) is 3.68. The Morgan fingerprint density at radius 1 is 1.31 bits per heavy atom. The predicted molar refractivity (Wildman–Crippen MR) is 64.8 cm³/mol. The number of hydrogen-bond acceptors (Lipinski definition) is 3. The number of aromatic nitrogens is 1. The minimum atomic E-state index is -0.825. The fraction of sp³-hybridized carbons (Fsp3) is 0.308. The largest absolute Gasteiger partial charge is 0.390 e. The molecule has 3 heteroatoms. The van der Waals surface area contributed by atoms with E-state index in [1.165, 1.54) is 0 Å². The van der Waals surface area contributed by atoms with E-state index >= 15 is 0 Å². The fourth-order valence-corrected chi connectivity index (χ4v) is 1.16. The van der Waals surface area contributed by atoms with E-state index in [4.69, 9.17) is 5.11 Å². The fourth-order valence-electron chi connectivity index (χ4n) is 1.16. The zero-order valence-corrected chi connectivity index (χ0v) is 9.54. The number of aryl methyl sites for hydroxylation is 1. The summed E-state index contributed by atoms with van der Waals surface area (Å²) < 4.78 is 0. The molecule has 1 aromatic heterocycles. The van der Waals surface area contributed by atoms with Crippen LogP contribution in [0.25, 0.3) is 6.08 Å². The number of hydrogen-bond donors (Lipinski definition) is 2. The molecule has 86 valence electrons. The van der Waals surface area contributed by atoms with Gasteiger partial charge in [-0.15, -0.1) is 0 Å². The van der Waals surface area contributed by atoms with E-state index in [2.05, 4.69) is 4.98 Å². The van der Waals surface area contributed by atoms with Gasteiger partial charge in [-0.05, 0) is 31.6 Å². The normalized spacial score (nSPS) is 15.8. The SMILES string of the molecule is Cc1cccnc1C=CC=C[C@H](O)[C@@H](C)O. The monoisotopic (exact) mass is 219 g/mol. The van der Waals surface area contributed by atoms with Crippen molar-refractivity contribution in [2.24, 2.45) is 0 Å². The maximum Gasteiger partial charge on any atom is 0.0980 e. The van der Waals surface area contributed by atoms with Gasteiger partial charge in [0.25, 0.3) is 0 Å². The van der Waals surface area contributed by atoms with Gasteiger partial charge in [-0.1, -0.05) is 24.3 Å². The van der Waals surface area contributed by atoms with Crippen molar-refractivity contribution in [2.75, 3.05) is 0 Å². The lowest BCUT2D eigenvalue weighted by atomic mass is 10.2. The first-order chi connectivity index (χ1) is 7.61. The van der Waals surface area contributed by atoms with Crippen LogP contribution >= 0.6 is 0 Å². The summed E-state index contributed by atoms with van der Waals surface area (Å²) in [4.78, 5) is 4.20. The van der Waals surface area contributed by atoms with Crippen molar-refractivity contribution in [3.05, 3.63) is 47.8 Å². The maximum absolute atomic E-state index is 9.29. The van der Waals surface area contributed by atoms with E-state index in [1.807, 2.05) is 25.1 Å². The first-order valence-corrected chi connectivity index (χ1v) is 5.24. The Balaban J connectivity index is 2.59. The van der Waals surface area contributed by atoms with E-state index in [0.717, 1.165) is 11.3 Å². The van der Waals surface area contributed by atoms with E-state index < -0.39 is 12.2 Å². The van der Waals surface area contributed by atoms with Gasteiger partial charge in [0, 0.05) is 6.20 Å². The second-order valence-corrected chi connectivity index (χ2v) is 3.68. The molecule has 0 saturated carbocycles. The summed E-state index contributed by atoms with van der Waals surface area (Å²) in [6.07, 6.45) is 7.06. The Morgan fingerprint density at radius 3 is 2.69 bits per heavy atom. The number of allylic oxidation sites excluding steroid dienone is 2. The Labute approximate surface area is 95.8 Å². The number of aliphatic hydroxyl groups excluding tert-OH is 2. The molecule has 0 amide bonds. The Morgan fingerprint density at radius 2 is 2.06 bits per heavy atom. The molecule has 0 bridgehead atoms. The third-order valence-electron chi connectivity index (χ3n) is 2.22. The van der Waals surface area contributed by atoms with Crippen LogP contribution in [0.5, 0.6) is 0 Å². The lowest BCUT2D eigenvalue weighted by Crippen LogP contribution is -2.19. The number of nitrogens with zero attached hydrogens (tertiary/aromatic N) is 1.